The average molecular weight is 462 g/mol. The van der Waals surface area contributed by atoms with Gasteiger partial charge in [-0.1, -0.05) is 23.2 Å². The molecule has 1 atom stereocenters. The molecule has 1 amide bonds. The number of ether oxygens (including phenoxy) is 1. The van der Waals surface area contributed by atoms with Crippen molar-refractivity contribution in [2.24, 2.45) is 5.73 Å². The van der Waals surface area contributed by atoms with Gasteiger partial charge in [-0.25, -0.2) is 0 Å². The zero-order valence-electron chi connectivity index (χ0n) is 17.0. The minimum Gasteiger partial charge on any atom is -0.492 e. The number of carbonyl (C=O) groups excluding carboxylic acids is 1. The summed E-state index contributed by atoms with van der Waals surface area (Å²) in [5, 5.41) is 5.19. The number of fused-ring (bicyclic) bond motifs is 1. The maximum absolute atomic E-state index is 12.6. The number of furan rings is 1. The minimum atomic E-state index is -0.196. The van der Waals surface area contributed by atoms with Crippen LogP contribution in [0.3, 0.4) is 0 Å². The standard InChI is InChI=1S/C23H25Cl2N3O3/c24-16-1-4-20(5-2-16)30-14-18(26)13-28-9-7-19(8-10-28)27-23(29)22-12-15-11-17(25)3-6-21(15)31-22/h1-6,11-12,18-19H,7-10,13-14,26H2,(H,27,29). The first-order valence-electron chi connectivity index (χ1n) is 10.3. The molecule has 0 aliphatic carbocycles. The molecular formula is C23H25Cl2N3O3. The second-order valence-electron chi connectivity index (χ2n) is 7.87. The molecule has 8 heteroatoms. The van der Waals surface area contributed by atoms with Crippen molar-refractivity contribution >= 4 is 40.1 Å². The third-order valence-corrected chi connectivity index (χ3v) is 5.88. The number of rotatable bonds is 7. The van der Waals surface area contributed by atoms with Gasteiger partial charge >= 0.3 is 0 Å². The number of nitrogens with one attached hydrogen (secondary N) is 1. The van der Waals surface area contributed by atoms with Crippen LogP contribution in [-0.4, -0.2) is 49.1 Å². The lowest BCUT2D eigenvalue weighted by atomic mass is 10.0. The van der Waals surface area contributed by atoms with Crippen LogP contribution < -0.4 is 15.8 Å². The number of amides is 1. The van der Waals surface area contributed by atoms with Gasteiger partial charge in [0.05, 0.1) is 6.04 Å². The quantitative estimate of drug-likeness (QED) is 0.546. The first kappa shape index (κ1) is 22.0. The number of hydrogen-bond donors (Lipinski definition) is 2. The molecule has 31 heavy (non-hydrogen) atoms. The molecule has 1 aromatic heterocycles. The fourth-order valence-corrected chi connectivity index (χ4v) is 4.07. The van der Waals surface area contributed by atoms with Crippen LogP contribution in [0.15, 0.2) is 52.9 Å². The van der Waals surface area contributed by atoms with Gasteiger partial charge in [-0.15, -0.1) is 0 Å². The maximum Gasteiger partial charge on any atom is 0.287 e. The normalized spacial score (nSPS) is 16.4. The average Bonchev–Trinajstić information content (AvgIpc) is 3.18. The lowest BCUT2D eigenvalue weighted by Crippen LogP contribution is -2.48. The van der Waals surface area contributed by atoms with Gasteiger partial charge in [-0.05, 0) is 61.4 Å². The topological polar surface area (TPSA) is 80.7 Å². The van der Waals surface area contributed by atoms with Crippen molar-refractivity contribution in [1.82, 2.24) is 10.2 Å². The van der Waals surface area contributed by atoms with Crippen molar-refractivity contribution in [3.8, 4) is 5.75 Å². The molecule has 1 saturated heterocycles. The highest BCUT2D eigenvalue weighted by molar-refractivity contribution is 6.31. The van der Waals surface area contributed by atoms with Gasteiger partial charge in [0, 0.05) is 41.1 Å². The Bertz CT molecular complexity index is 1030. The molecule has 164 valence electrons. The highest BCUT2D eigenvalue weighted by atomic mass is 35.5. The zero-order chi connectivity index (χ0) is 21.8. The number of benzene rings is 2. The molecule has 1 fully saturated rings. The van der Waals surface area contributed by atoms with Crippen LogP contribution in [0.5, 0.6) is 5.75 Å². The van der Waals surface area contributed by atoms with Crippen LogP contribution in [0.1, 0.15) is 23.4 Å². The second kappa shape index (κ2) is 9.92. The summed E-state index contributed by atoms with van der Waals surface area (Å²) < 4.78 is 11.4. The smallest absolute Gasteiger partial charge is 0.287 e. The highest BCUT2D eigenvalue weighted by Gasteiger charge is 2.23. The number of nitrogens with two attached hydrogens (primary N) is 1. The monoisotopic (exact) mass is 461 g/mol. The van der Waals surface area contributed by atoms with Crippen LogP contribution in [0, 0.1) is 0 Å². The van der Waals surface area contributed by atoms with E-state index in [-0.39, 0.29) is 18.0 Å². The lowest BCUT2D eigenvalue weighted by molar-refractivity contribution is 0.0881. The molecule has 3 aromatic rings. The number of carbonyl (C=O) groups is 1. The van der Waals surface area contributed by atoms with Gasteiger partial charge in [0.1, 0.15) is 17.9 Å². The van der Waals surface area contributed by atoms with Crippen LogP contribution in [0.2, 0.25) is 10.0 Å². The molecule has 2 heterocycles. The molecule has 0 radical (unpaired) electrons. The van der Waals surface area contributed by atoms with Crippen molar-refractivity contribution in [1.29, 1.82) is 0 Å². The van der Waals surface area contributed by atoms with Gasteiger partial charge in [-0.2, -0.15) is 0 Å². The van der Waals surface area contributed by atoms with Gasteiger partial charge < -0.3 is 25.1 Å². The lowest BCUT2D eigenvalue weighted by Gasteiger charge is -2.33. The summed E-state index contributed by atoms with van der Waals surface area (Å²) in [6, 6.07) is 14.3. The summed E-state index contributed by atoms with van der Waals surface area (Å²) in [5.74, 6) is 0.869. The van der Waals surface area contributed by atoms with Crippen molar-refractivity contribution in [2.45, 2.75) is 24.9 Å². The number of halogens is 2. The van der Waals surface area contributed by atoms with Crippen LogP contribution >= 0.6 is 23.2 Å². The maximum atomic E-state index is 12.6. The zero-order valence-corrected chi connectivity index (χ0v) is 18.5. The molecule has 4 rings (SSSR count). The van der Waals surface area contributed by atoms with Crippen molar-refractivity contribution in [3.63, 3.8) is 0 Å². The van der Waals surface area contributed by atoms with Crippen molar-refractivity contribution in [2.75, 3.05) is 26.2 Å². The molecule has 0 spiro atoms. The molecule has 2 aromatic carbocycles. The Labute approximate surface area is 191 Å². The van der Waals surface area contributed by atoms with Crippen molar-refractivity contribution < 1.29 is 13.9 Å². The van der Waals surface area contributed by atoms with Crippen LogP contribution in [0.25, 0.3) is 11.0 Å². The predicted molar refractivity (Wildman–Crippen MR) is 123 cm³/mol. The van der Waals surface area contributed by atoms with E-state index in [4.69, 9.17) is 38.1 Å². The molecule has 1 aliphatic rings. The number of piperidine rings is 1. The van der Waals surface area contributed by atoms with Crippen LogP contribution in [-0.2, 0) is 0 Å². The molecule has 3 N–H and O–H groups in total. The summed E-state index contributed by atoms with van der Waals surface area (Å²) >= 11 is 11.9. The molecule has 1 aliphatic heterocycles. The number of likely N-dealkylation sites (tertiary alicyclic amines) is 1. The molecule has 0 bridgehead atoms. The Hall–Kier alpha value is -2.25. The summed E-state index contributed by atoms with van der Waals surface area (Å²) in [6.07, 6.45) is 1.73. The van der Waals surface area contributed by atoms with E-state index in [9.17, 15) is 4.79 Å². The van der Waals surface area contributed by atoms with Crippen LogP contribution in [0.4, 0.5) is 0 Å². The van der Waals surface area contributed by atoms with E-state index in [1.807, 2.05) is 12.1 Å². The fourth-order valence-electron chi connectivity index (χ4n) is 3.76. The summed E-state index contributed by atoms with van der Waals surface area (Å²) in [5.41, 5.74) is 6.89. The minimum absolute atomic E-state index is 0.0933. The fraction of sp³-hybridized carbons (Fsp3) is 0.348. The Kier molecular flexibility index (Phi) is 7.02. The Morgan fingerprint density at radius 3 is 2.58 bits per heavy atom. The summed E-state index contributed by atoms with van der Waals surface area (Å²) in [4.78, 5) is 14.9. The SMILES string of the molecule is NC(COc1ccc(Cl)cc1)CN1CCC(NC(=O)c2cc3cc(Cl)ccc3o2)CC1. The van der Waals surface area contributed by atoms with Gasteiger partial charge in [0.2, 0.25) is 0 Å². The first-order chi connectivity index (χ1) is 15.0. The van der Waals surface area contributed by atoms with Gasteiger partial charge in [-0.3, -0.25) is 4.79 Å². The van der Waals surface area contributed by atoms with E-state index in [1.54, 1.807) is 36.4 Å². The Morgan fingerprint density at radius 1 is 1.13 bits per heavy atom. The van der Waals surface area contributed by atoms with E-state index < -0.39 is 0 Å². The van der Waals surface area contributed by atoms with Gasteiger partial charge in [0.25, 0.3) is 5.91 Å². The first-order valence-corrected chi connectivity index (χ1v) is 11.1. The number of hydrogen-bond acceptors (Lipinski definition) is 5. The largest absolute Gasteiger partial charge is 0.492 e. The number of nitrogens with zero attached hydrogens (tertiary/aromatic N) is 1. The Morgan fingerprint density at radius 2 is 1.84 bits per heavy atom. The van der Waals surface area contributed by atoms with E-state index in [0.717, 1.165) is 43.6 Å². The summed E-state index contributed by atoms with van der Waals surface area (Å²) in [7, 11) is 0. The predicted octanol–water partition coefficient (Wildman–Crippen LogP) is 4.34. The van der Waals surface area contributed by atoms with Crippen molar-refractivity contribution in [3.05, 3.63) is 64.3 Å². The third-order valence-electron chi connectivity index (χ3n) is 5.40. The molecular weight excluding hydrogens is 437 g/mol. The van der Waals surface area contributed by atoms with E-state index >= 15 is 0 Å². The molecule has 6 nitrogen and oxygen atoms in total. The van der Waals surface area contributed by atoms with E-state index in [2.05, 4.69) is 10.2 Å². The second-order valence-corrected chi connectivity index (χ2v) is 8.74. The van der Waals surface area contributed by atoms with E-state index in [0.29, 0.717) is 28.0 Å². The molecule has 1 unspecified atom stereocenters. The summed E-state index contributed by atoms with van der Waals surface area (Å²) in [6.45, 7) is 2.93. The Balaban J connectivity index is 1.20. The highest BCUT2D eigenvalue weighted by Crippen LogP contribution is 2.23. The molecule has 0 saturated carbocycles. The third kappa shape index (κ3) is 5.92. The van der Waals surface area contributed by atoms with Gasteiger partial charge in [0.15, 0.2) is 5.76 Å². The van der Waals surface area contributed by atoms with E-state index in [1.165, 1.54) is 0 Å².